The van der Waals surface area contributed by atoms with Gasteiger partial charge in [-0.25, -0.2) is 9.97 Å². The van der Waals surface area contributed by atoms with Crippen molar-refractivity contribution in [2.24, 2.45) is 0 Å². The molecule has 0 amide bonds. The van der Waals surface area contributed by atoms with E-state index in [0.717, 1.165) is 11.3 Å². The SMILES string of the molecule is COc1ccc(-c2csc(C(C#N)C(=O)Cn3c(=O)cnc4ccccc43)n2)cc1. The molecule has 2 aromatic heterocycles. The maximum atomic E-state index is 12.9. The molecule has 0 saturated carbocycles. The van der Waals surface area contributed by atoms with Crippen molar-refractivity contribution in [3.05, 3.63) is 75.5 Å². The van der Waals surface area contributed by atoms with Crippen LogP contribution in [0.5, 0.6) is 5.75 Å². The van der Waals surface area contributed by atoms with E-state index in [1.807, 2.05) is 35.7 Å². The van der Waals surface area contributed by atoms with Crippen LogP contribution in [-0.2, 0) is 11.3 Å². The smallest absolute Gasteiger partial charge is 0.269 e. The molecule has 30 heavy (non-hydrogen) atoms. The number of ketones is 1. The molecule has 0 spiro atoms. The number of rotatable bonds is 6. The molecule has 8 heteroatoms. The van der Waals surface area contributed by atoms with E-state index in [-0.39, 0.29) is 6.54 Å². The normalized spacial score (nSPS) is 11.7. The lowest BCUT2D eigenvalue weighted by molar-refractivity contribution is -0.119. The second-order valence-electron chi connectivity index (χ2n) is 6.50. The second kappa shape index (κ2) is 8.27. The second-order valence-corrected chi connectivity index (χ2v) is 7.39. The predicted octanol–water partition coefficient (Wildman–Crippen LogP) is 3.41. The number of carbonyl (C=O) groups is 1. The fourth-order valence-electron chi connectivity index (χ4n) is 3.10. The largest absolute Gasteiger partial charge is 0.497 e. The summed E-state index contributed by atoms with van der Waals surface area (Å²) in [6, 6.07) is 16.5. The third-order valence-corrected chi connectivity index (χ3v) is 5.58. The first-order valence-electron chi connectivity index (χ1n) is 9.07. The summed E-state index contributed by atoms with van der Waals surface area (Å²) >= 11 is 1.25. The van der Waals surface area contributed by atoms with Crippen molar-refractivity contribution >= 4 is 28.2 Å². The number of nitriles is 1. The lowest BCUT2D eigenvalue weighted by atomic mass is 10.1. The minimum absolute atomic E-state index is 0.225. The average molecular weight is 416 g/mol. The molecular formula is C22H16N4O3S. The summed E-state index contributed by atoms with van der Waals surface area (Å²) in [6.07, 6.45) is 1.18. The molecule has 0 aliphatic rings. The first kappa shape index (κ1) is 19.5. The Labute approximate surface area is 175 Å². The zero-order valence-corrected chi connectivity index (χ0v) is 16.8. The number of benzene rings is 2. The van der Waals surface area contributed by atoms with E-state index in [1.54, 1.807) is 31.4 Å². The van der Waals surface area contributed by atoms with Crippen LogP contribution >= 0.6 is 11.3 Å². The molecule has 1 atom stereocenters. The molecule has 0 aliphatic heterocycles. The number of fused-ring (bicyclic) bond motifs is 1. The van der Waals surface area contributed by atoms with Crippen LogP contribution in [0.1, 0.15) is 10.9 Å². The maximum Gasteiger partial charge on any atom is 0.269 e. The van der Waals surface area contributed by atoms with Crippen LogP contribution in [-0.4, -0.2) is 27.4 Å². The van der Waals surface area contributed by atoms with Crippen LogP contribution in [0, 0.1) is 11.3 Å². The first-order chi connectivity index (χ1) is 14.6. The summed E-state index contributed by atoms with van der Waals surface area (Å²) < 4.78 is 6.50. The number of para-hydroxylation sites is 2. The Bertz CT molecular complexity index is 1320. The minimum Gasteiger partial charge on any atom is -0.497 e. The Morgan fingerprint density at radius 1 is 1.23 bits per heavy atom. The molecular weight excluding hydrogens is 400 g/mol. The average Bonchev–Trinajstić information content (AvgIpc) is 3.26. The van der Waals surface area contributed by atoms with Gasteiger partial charge in [-0.2, -0.15) is 5.26 Å². The third kappa shape index (κ3) is 3.71. The number of thiazole rings is 1. The fraction of sp³-hybridized carbons (Fsp3) is 0.136. The van der Waals surface area contributed by atoms with Gasteiger partial charge in [0, 0.05) is 10.9 Å². The van der Waals surface area contributed by atoms with Crippen molar-refractivity contribution < 1.29 is 9.53 Å². The lowest BCUT2D eigenvalue weighted by Crippen LogP contribution is -2.27. The molecule has 4 rings (SSSR count). The zero-order valence-electron chi connectivity index (χ0n) is 16.0. The number of hydrogen-bond donors (Lipinski definition) is 0. The van der Waals surface area contributed by atoms with Crippen LogP contribution in [0.3, 0.4) is 0 Å². The zero-order chi connectivity index (χ0) is 21.1. The van der Waals surface area contributed by atoms with Crippen LogP contribution in [0.25, 0.3) is 22.3 Å². The van der Waals surface area contributed by atoms with Crippen LogP contribution in [0.2, 0.25) is 0 Å². The molecule has 0 aliphatic carbocycles. The summed E-state index contributed by atoms with van der Waals surface area (Å²) in [7, 11) is 1.59. The summed E-state index contributed by atoms with van der Waals surface area (Å²) in [4.78, 5) is 33.8. The van der Waals surface area contributed by atoms with Crippen molar-refractivity contribution in [1.82, 2.24) is 14.5 Å². The Balaban J connectivity index is 1.62. The standard InChI is InChI=1S/C22H16N4O3S/c1-29-15-8-6-14(7-9-15)18-13-30-22(25-18)16(10-23)20(27)12-26-19-5-3-2-4-17(19)24-11-21(26)28/h2-9,11,13,16H,12H2,1H3. The van der Waals surface area contributed by atoms with Gasteiger partial charge in [-0.15, -0.1) is 11.3 Å². The molecule has 148 valence electrons. The molecule has 0 saturated heterocycles. The molecule has 2 aromatic carbocycles. The summed E-state index contributed by atoms with van der Waals surface area (Å²) in [5.74, 6) is -0.721. The van der Waals surface area contributed by atoms with E-state index in [2.05, 4.69) is 9.97 Å². The van der Waals surface area contributed by atoms with Crippen molar-refractivity contribution in [1.29, 1.82) is 5.26 Å². The van der Waals surface area contributed by atoms with E-state index in [1.165, 1.54) is 22.1 Å². The molecule has 7 nitrogen and oxygen atoms in total. The van der Waals surface area contributed by atoms with Gasteiger partial charge in [-0.05, 0) is 36.4 Å². The quantitative estimate of drug-likeness (QED) is 0.478. The van der Waals surface area contributed by atoms with E-state index >= 15 is 0 Å². The van der Waals surface area contributed by atoms with Gasteiger partial charge in [-0.3, -0.25) is 14.2 Å². The number of carbonyl (C=O) groups excluding carboxylic acids is 1. The minimum atomic E-state index is -1.05. The summed E-state index contributed by atoms with van der Waals surface area (Å²) in [6.45, 7) is -0.225. The highest BCUT2D eigenvalue weighted by atomic mass is 32.1. The topological polar surface area (TPSA) is 97.9 Å². The van der Waals surface area contributed by atoms with Crippen molar-refractivity contribution in [2.75, 3.05) is 7.11 Å². The number of hydrogen-bond acceptors (Lipinski definition) is 7. The fourth-order valence-corrected chi connectivity index (χ4v) is 4.00. The van der Waals surface area contributed by atoms with Gasteiger partial charge in [0.25, 0.3) is 5.56 Å². The van der Waals surface area contributed by atoms with Crippen LogP contribution in [0.4, 0.5) is 0 Å². The molecule has 1 unspecified atom stereocenters. The molecule has 0 fully saturated rings. The molecule has 0 N–H and O–H groups in total. The molecule has 0 bridgehead atoms. The number of methoxy groups -OCH3 is 1. The predicted molar refractivity (Wildman–Crippen MR) is 113 cm³/mol. The number of ether oxygens (including phenoxy) is 1. The summed E-state index contributed by atoms with van der Waals surface area (Å²) in [5, 5.41) is 11.8. The highest BCUT2D eigenvalue weighted by Gasteiger charge is 2.25. The van der Waals surface area contributed by atoms with Crippen LogP contribution in [0.15, 0.2) is 64.9 Å². The van der Waals surface area contributed by atoms with Gasteiger partial charge in [0.1, 0.15) is 10.8 Å². The highest BCUT2D eigenvalue weighted by Crippen LogP contribution is 2.28. The monoisotopic (exact) mass is 416 g/mol. The van der Waals surface area contributed by atoms with E-state index in [4.69, 9.17) is 4.74 Å². The number of Topliss-reactive ketones (excluding diaryl/α,β-unsaturated/α-hetero) is 1. The first-order valence-corrected chi connectivity index (χ1v) is 9.95. The Kier molecular flexibility index (Phi) is 5.37. The van der Waals surface area contributed by atoms with Crippen molar-refractivity contribution in [2.45, 2.75) is 12.5 Å². The van der Waals surface area contributed by atoms with E-state index in [0.29, 0.717) is 21.7 Å². The molecule has 0 radical (unpaired) electrons. The molecule has 2 heterocycles. The van der Waals surface area contributed by atoms with Crippen molar-refractivity contribution in [3.8, 4) is 23.1 Å². The van der Waals surface area contributed by atoms with Gasteiger partial charge in [0.15, 0.2) is 11.7 Å². The van der Waals surface area contributed by atoms with Crippen molar-refractivity contribution in [3.63, 3.8) is 0 Å². The van der Waals surface area contributed by atoms with Crippen LogP contribution < -0.4 is 10.3 Å². The number of aromatic nitrogens is 3. The summed E-state index contributed by atoms with van der Waals surface area (Å²) in [5.41, 5.74) is 2.30. The van der Waals surface area contributed by atoms with Gasteiger partial charge in [0.05, 0.1) is 42.6 Å². The van der Waals surface area contributed by atoms with Gasteiger partial charge < -0.3 is 4.74 Å². The van der Waals surface area contributed by atoms with Gasteiger partial charge in [-0.1, -0.05) is 12.1 Å². The third-order valence-electron chi connectivity index (χ3n) is 4.67. The van der Waals surface area contributed by atoms with E-state index in [9.17, 15) is 14.9 Å². The molecule has 4 aromatic rings. The van der Waals surface area contributed by atoms with Gasteiger partial charge >= 0.3 is 0 Å². The Morgan fingerprint density at radius 3 is 2.73 bits per heavy atom. The highest BCUT2D eigenvalue weighted by molar-refractivity contribution is 7.10. The maximum absolute atomic E-state index is 12.9. The van der Waals surface area contributed by atoms with Gasteiger partial charge in [0.2, 0.25) is 0 Å². The lowest BCUT2D eigenvalue weighted by Gasteiger charge is -2.10. The Hall–Kier alpha value is -3.83. The Morgan fingerprint density at radius 2 is 2.00 bits per heavy atom. The van der Waals surface area contributed by atoms with E-state index < -0.39 is 17.3 Å². The number of nitrogens with zero attached hydrogens (tertiary/aromatic N) is 4.